The molecule has 7 heteroatoms. The number of hydrogen-bond donors (Lipinski definition) is 2. The van der Waals surface area contributed by atoms with E-state index in [4.69, 9.17) is 9.47 Å². The van der Waals surface area contributed by atoms with Crippen molar-refractivity contribution in [3.63, 3.8) is 0 Å². The monoisotopic (exact) mass is 469 g/mol. The zero-order valence-corrected chi connectivity index (χ0v) is 18.0. The molecule has 0 saturated heterocycles. The molecule has 1 heterocycles. The number of methoxy groups -OCH3 is 1. The molecule has 0 bridgehead atoms. The Morgan fingerprint density at radius 2 is 1.87 bits per heavy atom. The van der Waals surface area contributed by atoms with Gasteiger partial charge in [-0.15, -0.1) is 0 Å². The topological polar surface area (TPSA) is 59.2 Å². The van der Waals surface area contributed by atoms with Gasteiger partial charge in [0.25, 0.3) is 0 Å². The lowest BCUT2D eigenvalue weighted by molar-refractivity contribution is 0.277. The number of aromatic amines is 1. The summed E-state index contributed by atoms with van der Waals surface area (Å²) in [6.45, 7) is 1.35. The van der Waals surface area contributed by atoms with Crippen LogP contribution in [0, 0.1) is 5.82 Å². The molecule has 0 aliphatic carbocycles. The summed E-state index contributed by atoms with van der Waals surface area (Å²) in [4.78, 5) is 7.87. The lowest BCUT2D eigenvalue weighted by Crippen LogP contribution is -2.14. The van der Waals surface area contributed by atoms with Gasteiger partial charge in [0.2, 0.25) is 0 Å². The highest BCUT2D eigenvalue weighted by atomic mass is 79.9. The molecular weight excluding hydrogens is 449 g/mol. The molecule has 0 aliphatic heterocycles. The molecule has 30 heavy (non-hydrogen) atoms. The summed E-state index contributed by atoms with van der Waals surface area (Å²) in [5.41, 5.74) is 3.49. The molecule has 0 unspecified atom stereocenters. The molecule has 0 amide bonds. The van der Waals surface area contributed by atoms with E-state index < -0.39 is 0 Å². The average Bonchev–Trinajstić information content (AvgIpc) is 3.16. The Labute approximate surface area is 182 Å². The normalized spacial score (nSPS) is 11.0. The largest absolute Gasteiger partial charge is 0.493 e. The van der Waals surface area contributed by atoms with E-state index >= 15 is 0 Å². The van der Waals surface area contributed by atoms with Gasteiger partial charge in [-0.25, -0.2) is 9.37 Å². The van der Waals surface area contributed by atoms with Crippen LogP contribution in [0.1, 0.15) is 17.0 Å². The average molecular weight is 470 g/mol. The molecule has 0 atom stereocenters. The fraction of sp³-hybridized carbons (Fsp3) is 0.174. The van der Waals surface area contributed by atoms with Crippen molar-refractivity contribution in [3.8, 4) is 11.5 Å². The number of para-hydroxylation sites is 2. The standard InChI is InChI=1S/C23H21BrFN3O2/c1-29-21-11-15(12-26-13-22-27-19-8-4-5-9-20(19)28-22)10-17(24)23(21)30-14-16-6-2-3-7-18(16)25/h2-11,26H,12-14H2,1H3,(H,27,28). The molecule has 2 N–H and O–H groups in total. The molecule has 0 radical (unpaired) electrons. The van der Waals surface area contributed by atoms with Crippen molar-refractivity contribution in [1.29, 1.82) is 0 Å². The van der Waals surface area contributed by atoms with Crippen molar-refractivity contribution in [1.82, 2.24) is 15.3 Å². The molecule has 5 nitrogen and oxygen atoms in total. The van der Waals surface area contributed by atoms with Crippen LogP contribution in [-0.2, 0) is 19.7 Å². The Morgan fingerprint density at radius 3 is 2.67 bits per heavy atom. The maximum absolute atomic E-state index is 13.8. The summed E-state index contributed by atoms with van der Waals surface area (Å²) in [6.07, 6.45) is 0. The highest BCUT2D eigenvalue weighted by molar-refractivity contribution is 9.10. The predicted octanol–water partition coefficient (Wildman–Crippen LogP) is 5.34. The number of halogens is 2. The minimum absolute atomic E-state index is 0.116. The molecule has 3 aromatic carbocycles. The first-order valence-corrected chi connectivity index (χ1v) is 10.3. The van der Waals surface area contributed by atoms with Crippen LogP contribution in [0.4, 0.5) is 4.39 Å². The van der Waals surface area contributed by atoms with Crippen LogP contribution in [-0.4, -0.2) is 17.1 Å². The van der Waals surface area contributed by atoms with E-state index in [0.29, 0.717) is 30.2 Å². The van der Waals surface area contributed by atoms with Crippen molar-refractivity contribution in [2.24, 2.45) is 0 Å². The van der Waals surface area contributed by atoms with E-state index in [0.717, 1.165) is 26.9 Å². The maximum Gasteiger partial charge on any atom is 0.175 e. The van der Waals surface area contributed by atoms with Crippen LogP contribution in [0.5, 0.6) is 11.5 Å². The summed E-state index contributed by atoms with van der Waals surface area (Å²) in [7, 11) is 1.59. The van der Waals surface area contributed by atoms with Crippen LogP contribution in [0.3, 0.4) is 0 Å². The number of fused-ring (bicyclic) bond motifs is 1. The lowest BCUT2D eigenvalue weighted by Gasteiger charge is -2.15. The summed E-state index contributed by atoms with van der Waals surface area (Å²) in [5, 5.41) is 3.38. The van der Waals surface area contributed by atoms with Crippen molar-refractivity contribution in [2.45, 2.75) is 19.7 Å². The predicted molar refractivity (Wildman–Crippen MR) is 118 cm³/mol. The van der Waals surface area contributed by atoms with Gasteiger partial charge in [-0.05, 0) is 51.8 Å². The van der Waals surface area contributed by atoms with E-state index in [-0.39, 0.29) is 12.4 Å². The van der Waals surface area contributed by atoms with E-state index in [1.54, 1.807) is 25.3 Å². The third-order valence-corrected chi connectivity index (χ3v) is 5.27. The lowest BCUT2D eigenvalue weighted by atomic mass is 10.2. The molecule has 4 aromatic rings. The first kappa shape index (κ1) is 20.4. The Bertz CT molecular complexity index is 1130. The van der Waals surface area contributed by atoms with Gasteiger partial charge in [-0.1, -0.05) is 30.3 Å². The number of nitrogens with zero attached hydrogens (tertiary/aromatic N) is 1. The number of benzene rings is 3. The molecule has 154 valence electrons. The minimum Gasteiger partial charge on any atom is -0.493 e. The molecule has 1 aromatic heterocycles. The molecule has 0 spiro atoms. The first-order valence-electron chi connectivity index (χ1n) is 9.51. The molecule has 0 fully saturated rings. The van der Waals surface area contributed by atoms with Gasteiger partial charge in [0.05, 0.1) is 29.2 Å². The number of H-pyrrole nitrogens is 1. The van der Waals surface area contributed by atoms with Gasteiger partial charge in [0.1, 0.15) is 18.2 Å². The fourth-order valence-electron chi connectivity index (χ4n) is 3.20. The summed E-state index contributed by atoms with van der Waals surface area (Å²) in [6, 6.07) is 18.4. The third-order valence-electron chi connectivity index (χ3n) is 4.68. The Hall–Kier alpha value is -2.90. The molecule has 0 saturated carbocycles. The number of rotatable bonds is 8. The van der Waals surface area contributed by atoms with Crippen molar-refractivity contribution >= 4 is 27.0 Å². The molecular formula is C23H21BrFN3O2. The van der Waals surface area contributed by atoms with Gasteiger partial charge in [0, 0.05) is 12.1 Å². The highest BCUT2D eigenvalue weighted by Gasteiger charge is 2.13. The highest BCUT2D eigenvalue weighted by Crippen LogP contribution is 2.37. The summed E-state index contributed by atoms with van der Waals surface area (Å²) < 4.78 is 25.9. The maximum atomic E-state index is 13.8. The van der Waals surface area contributed by atoms with Crippen molar-refractivity contribution in [2.75, 3.05) is 7.11 Å². The van der Waals surface area contributed by atoms with Crippen LogP contribution in [0.25, 0.3) is 11.0 Å². The second-order valence-corrected chi connectivity index (χ2v) is 7.65. The van der Waals surface area contributed by atoms with Crippen molar-refractivity contribution in [3.05, 3.63) is 87.9 Å². The summed E-state index contributed by atoms with van der Waals surface area (Å²) >= 11 is 3.55. The summed E-state index contributed by atoms with van der Waals surface area (Å²) in [5.74, 6) is 1.72. The zero-order chi connectivity index (χ0) is 20.9. The van der Waals surface area contributed by atoms with Crippen LogP contribution >= 0.6 is 15.9 Å². The quantitative estimate of drug-likeness (QED) is 0.365. The van der Waals surface area contributed by atoms with Gasteiger partial charge in [0.15, 0.2) is 11.5 Å². The van der Waals surface area contributed by atoms with Crippen LogP contribution < -0.4 is 14.8 Å². The number of imidazole rings is 1. The van der Waals surface area contributed by atoms with E-state index in [2.05, 4.69) is 31.2 Å². The number of hydrogen-bond acceptors (Lipinski definition) is 4. The Morgan fingerprint density at radius 1 is 1.07 bits per heavy atom. The third kappa shape index (κ3) is 4.63. The second kappa shape index (κ2) is 9.28. The molecule has 0 aliphatic rings. The smallest absolute Gasteiger partial charge is 0.175 e. The van der Waals surface area contributed by atoms with Crippen LogP contribution in [0.15, 0.2) is 65.1 Å². The van der Waals surface area contributed by atoms with Gasteiger partial charge < -0.3 is 19.8 Å². The SMILES string of the molecule is COc1cc(CNCc2nc3ccccc3[nH]2)cc(Br)c1OCc1ccccc1F. The molecule has 4 rings (SSSR count). The number of ether oxygens (including phenoxy) is 2. The van der Waals surface area contributed by atoms with Gasteiger partial charge in [-0.3, -0.25) is 0 Å². The van der Waals surface area contributed by atoms with Gasteiger partial charge >= 0.3 is 0 Å². The first-order chi connectivity index (χ1) is 14.6. The van der Waals surface area contributed by atoms with E-state index in [1.807, 2.05) is 36.4 Å². The number of nitrogens with one attached hydrogen (secondary N) is 2. The van der Waals surface area contributed by atoms with E-state index in [9.17, 15) is 4.39 Å². The van der Waals surface area contributed by atoms with Crippen LogP contribution in [0.2, 0.25) is 0 Å². The van der Waals surface area contributed by atoms with E-state index in [1.165, 1.54) is 6.07 Å². The second-order valence-electron chi connectivity index (χ2n) is 6.79. The fourth-order valence-corrected chi connectivity index (χ4v) is 3.80. The Balaban J connectivity index is 1.41. The zero-order valence-electron chi connectivity index (χ0n) is 16.4. The minimum atomic E-state index is -0.293. The number of aromatic nitrogens is 2. The van der Waals surface area contributed by atoms with Crippen molar-refractivity contribution < 1.29 is 13.9 Å². The van der Waals surface area contributed by atoms with Gasteiger partial charge in [-0.2, -0.15) is 0 Å². The Kier molecular flexibility index (Phi) is 6.30.